The molecule has 1 aromatic rings. The molecule has 3 rings (SSSR count). The van der Waals surface area contributed by atoms with Crippen molar-refractivity contribution in [1.29, 1.82) is 0 Å². The highest BCUT2D eigenvalue weighted by molar-refractivity contribution is 5.96. The number of benzene rings is 1. The van der Waals surface area contributed by atoms with E-state index in [2.05, 4.69) is 6.92 Å². The summed E-state index contributed by atoms with van der Waals surface area (Å²) in [5.41, 5.74) is 0.965. The largest absolute Gasteiger partial charge is 0.497 e. The second-order valence-electron chi connectivity index (χ2n) is 6.04. The van der Waals surface area contributed by atoms with Gasteiger partial charge in [0.1, 0.15) is 5.75 Å². The van der Waals surface area contributed by atoms with Crippen molar-refractivity contribution in [2.45, 2.75) is 32.2 Å². The van der Waals surface area contributed by atoms with Crippen LogP contribution in [0.1, 0.15) is 26.2 Å². The van der Waals surface area contributed by atoms with Gasteiger partial charge in [-0.1, -0.05) is 0 Å². The van der Waals surface area contributed by atoms with Gasteiger partial charge in [-0.15, -0.1) is 0 Å². The van der Waals surface area contributed by atoms with Crippen LogP contribution in [0.5, 0.6) is 5.75 Å². The number of ether oxygens (including phenoxy) is 2. The van der Waals surface area contributed by atoms with E-state index < -0.39 is 0 Å². The summed E-state index contributed by atoms with van der Waals surface area (Å²) in [6.07, 6.45) is 3.29. The van der Waals surface area contributed by atoms with Crippen LogP contribution >= 0.6 is 0 Å². The normalized spacial score (nSPS) is 22.9. The van der Waals surface area contributed by atoms with Gasteiger partial charge < -0.3 is 14.4 Å². The summed E-state index contributed by atoms with van der Waals surface area (Å²) in [6, 6.07) is 8.05. The maximum absolute atomic E-state index is 12.9. The molecule has 114 valence electrons. The number of amides is 1. The third-order valence-electron chi connectivity index (χ3n) is 4.58. The molecule has 0 N–H and O–H groups in total. The molecule has 21 heavy (non-hydrogen) atoms. The van der Waals surface area contributed by atoms with Crippen LogP contribution in [0.2, 0.25) is 0 Å². The third kappa shape index (κ3) is 3.05. The van der Waals surface area contributed by atoms with E-state index in [1.54, 1.807) is 7.11 Å². The molecular weight excluding hydrogens is 266 g/mol. The first-order chi connectivity index (χ1) is 10.2. The zero-order valence-electron chi connectivity index (χ0n) is 12.7. The second-order valence-corrected chi connectivity index (χ2v) is 6.04. The van der Waals surface area contributed by atoms with E-state index in [1.807, 2.05) is 29.2 Å². The summed E-state index contributed by atoms with van der Waals surface area (Å²) in [5.74, 6) is 1.66. The highest BCUT2D eigenvalue weighted by atomic mass is 16.5. The summed E-state index contributed by atoms with van der Waals surface area (Å²) in [5, 5.41) is 0. The number of methoxy groups -OCH3 is 1. The number of hydrogen-bond acceptors (Lipinski definition) is 3. The van der Waals surface area contributed by atoms with Gasteiger partial charge in [0.2, 0.25) is 5.91 Å². The third-order valence-corrected chi connectivity index (χ3v) is 4.58. The predicted molar refractivity (Wildman–Crippen MR) is 81.6 cm³/mol. The smallest absolute Gasteiger partial charge is 0.232 e. The first kappa shape index (κ1) is 14.4. The van der Waals surface area contributed by atoms with Gasteiger partial charge in [-0.2, -0.15) is 0 Å². The number of carbonyl (C=O) groups is 1. The average molecular weight is 289 g/mol. The van der Waals surface area contributed by atoms with E-state index in [4.69, 9.17) is 9.47 Å². The molecule has 1 saturated heterocycles. The Morgan fingerprint density at radius 2 is 2.00 bits per heavy atom. The fourth-order valence-corrected chi connectivity index (χ4v) is 3.02. The molecule has 1 saturated carbocycles. The van der Waals surface area contributed by atoms with Crippen molar-refractivity contribution < 1.29 is 14.3 Å². The van der Waals surface area contributed by atoms with Crippen LogP contribution in [0.3, 0.4) is 0 Å². The van der Waals surface area contributed by atoms with E-state index >= 15 is 0 Å². The topological polar surface area (TPSA) is 38.8 Å². The zero-order valence-corrected chi connectivity index (χ0v) is 12.7. The minimum absolute atomic E-state index is 0.00769. The van der Waals surface area contributed by atoms with Gasteiger partial charge in [-0.3, -0.25) is 4.79 Å². The van der Waals surface area contributed by atoms with Crippen LogP contribution < -0.4 is 9.64 Å². The van der Waals surface area contributed by atoms with E-state index in [1.165, 1.54) is 12.8 Å². The molecule has 2 fully saturated rings. The summed E-state index contributed by atoms with van der Waals surface area (Å²) in [4.78, 5) is 14.9. The van der Waals surface area contributed by atoms with Crippen molar-refractivity contribution in [3.63, 3.8) is 0 Å². The molecule has 1 heterocycles. The lowest BCUT2D eigenvalue weighted by atomic mass is 10.0. The molecule has 0 unspecified atom stereocenters. The summed E-state index contributed by atoms with van der Waals surface area (Å²) < 4.78 is 10.6. The molecular formula is C17H23NO3. The van der Waals surface area contributed by atoms with Gasteiger partial charge in [-0.05, 0) is 56.4 Å². The van der Waals surface area contributed by atoms with Crippen LogP contribution in [-0.2, 0) is 9.53 Å². The minimum Gasteiger partial charge on any atom is -0.497 e. The molecule has 0 radical (unpaired) electrons. The van der Waals surface area contributed by atoms with E-state index in [0.717, 1.165) is 17.9 Å². The Morgan fingerprint density at radius 3 is 2.52 bits per heavy atom. The van der Waals surface area contributed by atoms with Gasteiger partial charge >= 0.3 is 0 Å². The maximum atomic E-state index is 12.9. The average Bonchev–Trinajstić information content (AvgIpc) is 3.22. The summed E-state index contributed by atoms with van der Waals surface area (Å²) >= 11 is 0. The van der Waals surface area contributed by atoms with Crippen molar-refractivity contribution in [1.82, 2.24) is 0 Å². The fraction of sp³-hybridized carbons (Fsp3) is 0.588. The van der Waals surface area contributed by atoms with Crippen LogP contribution in [-0.4, -0.2) is 32.3 Å². The highest BCUT2D eigenvalue weighted by Crippen LogP contribution is 2.38. The van der Waals surface area contributed by atoms with Gasteiger partial charge in [0, 0.05) is 18.3 Å². The van der Waals surface area contributed by atoms with Crippen LogP contribution in [0.4, 0.5) is 5.69 Å². The number of nitrogens with zero attached hydrogens (tertiary/aromatic N) is 1. The lowest BCUT2D eigenvalue weighted by molar-refractivity contribution is -0.122. The molecule has 1 aromatic carbocycles. The zero-order chi connectivity index (χ0) is 14.8. The summed E-state index contributed by atoms with van der Waals surface area (Å²) in [7, 11) is 1.65. The molecule has 1 amide bonds. The number of carbonyl (C=O) groups excluding carboxylic acids is 1. The van der Waals surface area contributed by atoms with Crippen LogP contribution in [0.25, 0.3) is 0 Å². The first-order valence-corrected chi connectivity index (χ1v) is 7.75. The number of hydrogen-bond donors (Lipinski definition) is 0. The van der Waals surface area contributed by atoms with E-state index in [0.29, 0.717) is 19.1 Å². The second kappa shape index (κ2) is 6.06. The molecule has 2 aliphatic rings. The van der Waals surface area contributed by atoms with E-state index in [9.17, 15) is 4.79 Å². The fourth-order valence-electron chi connectivity index (χ4n) is 3.02. The maximum Gasteiger partial charge on any atom is 0.232 e. The van der Waals surface area contributed by atoms with Crippen LogP contribution in [0.15, 0.2) is 24.3 Å². The molecule has 2 atom stereocenters. The molecule has 4 nitrogen and oxygen atoms in total. The summed E-state index contributed by atoms with van der Waals surface area (Å²) in [6.45, 7) is 3.42. The Bertz CT molecular complexity index is 489. The Morgan fingerprint density at radius 1 is 1.29 bits per heavy atom. The van der Waals surface area contributed by atoms with E-state index in [-0.39, 0.29) is 17.9 Å². The Hall–Kier alpha value is -1.55. The Balaban J connectivity index is 1.84. The van der Waals surface area contributed by atoms with Crippen molar-refractivity contribution in [3.05, 3.63) is 24.3 Å². The lowest BCUT2D eigenvalue weighted by Gasteiger charge is -2.31. The van der Waals surface area contributed by atoms with Crippen molar-refractivity contribution in [2.75, 3.05) is 25.2 Å². The van der Waals surface area contributed by atoms with Crippen LogP contribution in [0, 0.1) is 11.8 Å². The predicted octanol–water partition coefficient (Wildman–Crippen LogP) is 2.86. The van der Waals surface area contributed by atoms with Gasteiger partial charge in [0.05, 0.1) is 19.6 Å². The minimum atomic E-state index is 0.00769. The van der Waals surface area contributed by atoms with Gasteiger partial charge in [-0.25, -0.2) is 0 Å². The van der Waals surface area contributed by atoms with Gasteiger partial charge in [0.15, 0.2) is 0 Å². The number of anilines is 1. The molecule has 1 aliphatic carbocycles. The quantitative estimate of drug-likeness (QED) is 0.836. The molecule has 0 aromatic heterocycles. The SMILES string of the molecule is COc1ccc(N(C(=O)[C@H]2CCOC2)[C@@H](C)C2CC2)cc1. The number of rotatable bonds is 5. The van der Waals surface area contributed by atoms with Gasteiger partial charge in [0.25, 0.3) is 0 Å². The van der Waals surface area contributed by atoms with Crippen molar-refractivity contribution in [3.8, 4) is 5.75 Å². The molecule has 0 bridgehead atoms. The van der Waals surface area contributed by atoms with Crippen molar-refractivity contribution in [2.24, 2.45) is 11.8 Å². The monoisotopic (exact) mass is 289 g/mol. The molecule has 4 heteroatoms. The lowest BCUT2D eigenvalue weighted by Crippen LogP contribution is -2.43. The van der Waals surface area contributed by atoms with Crippen molar-refractivity contribution >= 4 is 11.6 Å². The Kier molecular flexibility index (Phi) is 4.15. The highest BCUT2D eigenvalue weighted by Gasteiger charge is 2.38. The Labute approximate surface area is 126 Å². The molecule has 0 spiro atoms. The first-order valence-electron chi connectivity index (χ1n) is 7.75. The molecule has 1 aliphatic heterocycles. The standard InChI is InChI=1S/C17H23NO3/c1-12(13-3-4-13)18(17(19)14-9-10-21-11-14)15-5-7-16(20-2)8-6-15/h5-8,12-14H,3-4,9-11H2,1-2H3/t12-,14-/m0/s1.